The van der Waals surface area contributed by atoms with E-state index in [1.54, 1.807) is 0 Å². The number of halogens is 1. The highest BCUT2D eigenvalue weighted by Gasteiger charge is 2.15. The van der Waals surface area contributed by atoms with E-state index in [0.29, 0.717) is 11.5 Å². The zero-order valence-electron chi connectivity index (χ0n) is 15.2. The van der Waals surface area contributed by atoms with Crippen LogP contribution in [-0.4, -0.2) is 5.11 Å². The van der Waals surface area contributed by atoms with Crippen LogP contribution in [-0.2, 0) is 0 Å². The van der Waals surface area contributed by atoms with Crippen LogP contribution in [0.3, 0.4) is 0 Å². The summed E-state index contributed by atoms with van der Waals surface area (Å²) in [7, 11) is 0. The molecule has 0 bridgehead atoms. The lowest BCUT2D eigenvalue weighted by Crippen LogP contribution is -2.11. The van der Waals surface area contributed by atoms with E-state index in [0.717, 1.165) is 24.7 Å². The zero-order valence-corrected chi connectivity index (χ0v) is 15.2. The lowest BCUT2D eigenvalue weighted by Gasteiger charge is -2.23. The number of aliphatic hydroxyl groups is 1. The van der Waals surface area contributed by atoms with Crippen molar-refractivity contribution >= 4 is 0 Å². The first-order valence-corrected chi connectivity index (χ1v) is 8.63. The molecule has 0 fully saturated rings. The molecule has 0 spiro atoms. The molecule has 0 heterocycles. The van der Waals surface area contributed by atoms with Gasteiger partial charge in [-0.1, -0.05) is 67.0 Å². The number of hydrogen-bond acceptors (Lipinski definition) is 1. The summed E-state index contributed by atoms with van der Waals surface area (Å²) in [5.41, 5.74) is 0.715. The monoisotopic (exact) mass is 310 g/mol. The Morgan fingerprint density at radius 1 is 1.00 bits per heavy atom. The molecule has 0 saturated carbocycles. The van der Waals surface area contributed by atoms with Crippen molar-refractivity contribution in [2.45, 2.75) is 66.7 Å². The Bertz CT molecular complexity index is 383. The fourth-order valence-electron chi connectivity index (χ4n) is 2.41. The molecule has 0 aromatic rings. The fraction of sp³-hybridized carbons (Fsp3) is 0.700. The molecule has 1 nitrogen and oxygen atoms in total. The highest BCUT2D eigenvalue weighted by atomic mass is 19.1. The van der Waals surface area contributed by atoms with Crippen molar-refractivity contribution in [3.05, 3.63) is 36.4 Å². The largest absolute Gasteiger partial charge is 0.506 e. The van der Waals surface area contributed by atoms with Gasteiger partial charge < -0.3 is 5.11 Å². The molecule has 0 aliphatic heterocycles. The maximum atomic E-state index is 13.3. The molecule has 4 atom stereocenters. The van der Waals surface area contributed by atoms with Crippen molar-refractivity contribution in [3.63, 3.8) is 0 Å². The summed E-state index contributed by atoms with van der Waals surface area (Å²) < 4.78 is 13.3. The van der Waals surface area contributed by atoms with Gasteiger partial charge in [-0.05, 0) is 48.2 Å². The Labute approximate surface area is 137 Å². The third-order valence-corrected chi connectivity index (χ3v) is 5.06. The highest BCUT2D eigenvalue weighted by Crippen LogP contribution is 2.28. The topological polar surface area (TPSA) is 20.2 Å². The molecule has 1 N–H and O–H groups in total. The molecule has 128 valence electrons. The van der Waals surface area contributed by atoms with Crippen molar-refractivity contribution in [2.24, 2.45) is 23.7 Å². The maximum absolute atomic E-state index is 13.3. The first-order valence-electron chi connectivity index (χ1n) is 8.63. The minimum absolute atomic E-state index is 0.217. The van der Waals surface area contributed by atoms with E-state index >= 15 is 0 Å². The fourth-order valence-corrected chi connectivity index (χ4v) is 2.41. The summed E-state index contributed by atoms with van der Waals surface area (Å²) in [6, 6.07) is 0. The Morgan fingerprint density at radius 2 is 1.50 bits per heavy atom. The van der Waals surface area contributed by atoms with Gasteiger partial charge in [-0.25, -0.2) is 4.39 Å². The van der Waals surface area contributed by atoms with Crippen LogP contribution < -0.4 is 0 Å². The van der Waals surface area contributed by atoms with Crippen LogP contribution in [0, 0.1) is 23.7 Å². The van der Waals surface area contributed by atoms with Crippen molar-refractivity contribution in [2.75, 3.05) is 0 Å². The van der Waals surface area contributed by atoms with Crippen LogP contribution in [0.4, 0.5) is 4.39 Å². The molecule has 0 aromatic carbocycles. The number of aliphatic hydroxyl groups excluding tert-OH is 1. The van der Waals surface area contributed by atoms with E-state index in [9.17, 15) is 4.39 Å². The number of allylic oxidation sites excluding steroid dienone is 3. The molecule has 0 rings (SSSR count). The molecule has 0 amide bonds. The Morgan fingerprint density at radius 3 is 1.95 bits per heavy atom. The van der Waals surface area contributed by atoms with Gasteiger partial charge in [-0.3, -0.25) is 0 Å². The maximum Gasteiger partial charge on any atom is 0.164 e. The number of hydrogen-bond donors (Lipinski definition) is 1. The lowest BCUT2D eigenvalue weighted by atomic mass is 9.83. The summed E-state index contributed by atoms with van der Waals surface area (Å²) in [6.45, 7) is 18.3. The number of rotatable bonds is 11. The van der Waals surface area contributed by atoms with Gasteiger partial charge in [-0.2, -0.15) is 0 Å². The molecule has 0 aliphatic carbocycles. The van der Waals surface area contributed by atoms with E-state index in [1.807, 2.05) is 0 Å². The van der Waals surface area contributed by atoms with E-state index in [1.165, 1.54) is 25.3 Å². The third-order valence-electron chi connectivity index (χ3n) is 5.06. The van der Waals surface area contributed by atoms with Crippen LogP contribution in [0.15, 0.2) is 36.4 Å². The standard InChI is InChI=1S/C20H35FO/c1-8-14(2)9-10-15(3)16(4)11-12-17(5)18(6)13-20(21)19(7)22/h13-17,22H,6-12H2,1-5H3/b20-13+. The second-order valence-electron chi connectivity index (χ2n) is 7.04. The van der Waals surface area contributed by atoms with Gasteiger partial charge in [0.15, 0.2) is 5.83 Å². The molecule has 0 aliphatic rings. The van der Waals surface area contributed by atoms with Gasteiger partial charge in [0.1, 0.15) is 5.76 Å². The van der Waals surface area contributed by atoms with Gasteiger partial charge in [0, 0.05) is 0 Å². The van der Waals surface area contributed by atoms with Crippen molar-refractivity contribution in [1.29, 1.82) is 0 Å². The first kappa shape index (κ1) is 20.9. The second kappa shape index (κ2) is 10.6. The molecular formula is C20H35FO. The van der Waals surface area contributed by atoms with Crippen LogP contribution in [0.1, 0.15) is 66.7 Å². The van der Waals surface area contributed by atoms with Crippen LogP contribution >= 0.6 is 0 Å². The quantitative estimate of drug-likeness (QED) is 0.322. The van der Waals surface area contributed by atoms with Crippen molar-refractivity contribution in [1.82, 2.24) is 0 Å². The molecule has 2 heteroatoms. The molecule has 22 heavy (non-hydrogen) atoms. The van der Waals surface area contributed by atoms with E-state index < -0.39 is 11.6 Å². The van der Waals surface area contributed by atoms with E-state index in [-0.39, 0.29) is 5.92 Å². The summed E-state index contributed by atoms with van der Waals surface area (Å²) in [5, 5.41) is 8.99. The molecular weight excluding hydrogens is 275 g/mol. The van der Waals surface area contributed by atoms with Crippen LogP contribution in [0.5, 0.6) is 0 Å². The van der Waals surface area contributed by atoms with Crippen LogP contribution in [0.2, 0.25) is 0 Å². The summed E-state index contributed by atoms with van der Waals surface area (Å²) in [4.78, 5) is 0. The van der Waals surface area contributed by atoms with E-state index in [2.05, 4.69) is 47.8 Å². The molecule has 0 aromatic heterocycles. The smallest absolute Gasteiger partial charge is 0.164 e. The normalized spacial score (nSPS) is 17.6. The minimum Gasteiger partial charge on any atom is -0.506 e. The average Bonchev–Trinajstić information content (AvgIpc) is 2.48. The summed E-state index contributed by atoms with van der Waals surface area (Å²) >= 11 is 0. The molecule has 0 saturated heterocycles. The van der Waals surface area contributed by atoms with Crippen LogP contribution in [0.25, 0.3) is 0 Å². The summed E-state index contributed by atoms with van der Waals surface area (Å²) in [5.74, 6) is 1.20. The third kappa shape index (κ3) is 8.41. The van der Waals surface area contributed by atoms with Crippen molar-refractivity contribution < 1.29 is 9.50 Å². The lowest BCUT2D eigenvalue weighted by molar-refractivity contribution is 0.301. The Balaban J connectivity index is 4.22. The van der Waals surface area contributed by atoms with E-state index in [4.69, 9.17) is 5.11 Å². The van der Waals surface area contributed by atoms with Gasteiger partial charge in [0.25, 0.3) is 0 Å². The van der Waals surface area contributed by atoms with Gasteiger partial charge in [0.2, 0.25) is 0 Å². The molecule has 4 unspecified atom stereocenters. The Hall–Kier alpha value is -1.05. The highest BCUT2D eigenvalue weighted by molar-refractivity contribution is 5.27. The molecule has 0 radical (unpaired) electrons. The van der Waals surface area contributed by atoms with Crippen molar-refractivity contribution in [3.8, 4) is 0 Å². The van der Waals surface area contributed by atoms with Gasteiger partial charge >= 0.3 is 0 Å². The predicted molar refractivity (Wildman–Crippen MR) is 95.5 cm³/mol. The zero-order chi connectivity index (χ0) is 17.3. The van der Waals surface area contributed by atoms with Gasteiger partial charge in [-0.15, -0.1) is 0 Å². The first-order chi connectivity index (χ1) is 10.2. The summed E-state index contributed by atoms with van der Waals surface area (Å²) in [6.07, 6.45) is 7.25. The second-order valence-corrected chi connectivity index (χ2v) is 7.04. The van der Waals surface area contributed by atoms with Gasteiger partial charge in [0.05, 0.1) is 0 Å². The minimum atomic E-state index is -0.688. The predicted octanol–water partition coefficient (Wildman–Crippen LogP) is 6.98. The SMILES string of the molecule is C=C(O)/C(F)=C\C(=C)C(C)CCC(C)C(C)CCC(C)CC. The Kier molecular flexibility index (Phi) is 10.1. The average molecular weight is 310 g/mol.